The van der Waals surface area contributed by atoms with Crippen molar-refractivity contribution >= 4 is 11.8 Å². The van der Waals surface area contributed by atoms with Gasteiger partial charge in [-0.1, -0.05) is 87.4 Å². The van der Waals surface area contributed by atoms with Gasteiger partial charge in [-0.2, -0.15) is 0 Å². The summed E-state index contributed by atoms with van der Waals surface area (Å²) in [5.74, 6) is 1.20. The largest absolute Gasteiger partial charge is 0.342 e. The number of aryl methyl sites for hydroxylation is 4. The summed E-state index contributed by atoms with van der Waals surface area (Å²) < 4.78 is 0. The van der Waals surface area contributed by atoms with Crippen LogP contribution in [-0.4, -0.2) is 57.8 Å². The molecule has 2 saturated heterocycles. The Morgan fingerprint density at radius 3 is 1.24 bits per heavy atom. The molecule has 2 amide bonds. The molecule has 2 aliphatic heterocycles. The number of benzene rings is 2. The first kappa shape index (κ1) is 40.3. The van der Waals surface area contributed by atoms with Gasteiger partial charge >= 0.3 is 0 Å². The fourth-order valence-electron chi connectivity index (χ4n) is 8.52. The van der Waals surface area contributed by atoms with E-state index in [0.29, 0.717) is 37.8 Å². The van der Waals surface area contributed by atoms with E-state index < -0.39 is 0 Å². The summed E-state index contributed by atoms with van der Waals surface area (Å²) in [5.41, 5.74) is 15.4. The van der Waals surface area contributed by atoms with E-state index in [0.717, 1.165) is 121 Å². The molecular weight excluding hydrogens is 679 g/mol. The van der Waals surface area contributed by atoms with Crippen molar-refractivity contribution in [3.8, 4) is 22.3 Å². The van der Waals surface area contributed by atoms with Crippen LogP contribution in [0.1, 0.15) is 110 Å². The van der Waals surface area contributed by atoms with E-state index >= 15 is 0 Å². The van der Waals surface area contributed by atoms with E-state index in [1.54, 1.807) is 0 Å². The molecule has 0 radical (unpaired) electrons. The zero-order chi connectivity index (χ0) is 39.2. The molecule has 2 aromatic heterocycles. The molecule has 7 heteroatoms. The Balaban J connectivity index is 1.46. The number of hydrogen-bond donors (Lipinski definition) is 1. The molecule has 2 aliphatic rings. The van der Waals surface area contributed by atoms with Gasteiger partial charge in [-0.3, -0.25) is 19.6 Å². The number of hydrogen-bond acceptors (Lipinski definition) is 5. The Hall–Kier alpha value is -4.36. The lowest BCUT2D eigenvalue weighted by molar-refractivity contribution is -0.130. The van der Waals surface area contributed by atoms with Gasteiger partial charge < -0.3 is 15.1 Å². The van der Waals surface area contributed by atoms with Crippen LogP contribution in [0.15, 0.2) is 48.5 Å². The molecule has 2 aromatic carbocycles. The second kappa shape index (κ2) is 18.1. The van der Waals surface area contributed by atoms with Crippen molar-refractivity contribution in [2.24, 2.45) is 11.8 Å². The van der Waals surface area contributed by atoms with Gasteiger partial charge in [-0.05, 0) is 123 Å². The third-order valence-corrected chi connectivity index (χ3v) is 11.4. The monoisotopic (exact) mass is 741 g/mol. The van der Waals surface area contributed by atoms with Crippen LogP contribution < -0.4 is 5.32 Å². The highest BCUT2D eigenvalue weighted by molar-refractivity contribution is 5.85. The number of likely N-dealkylation sites (tertiary alicyclic amines) is 2. The number of nitrogens with one attached hydrogen (secondary N) is 1. The van der Waals surface area contributed by atoms with Crippen molar-refractivity contribution < 1.29 is 9.59 Å². The fourth-order valence-corrected chi connectivity index (χ4v) is 8.52. The van der Waals surface area contributed by atoms with Gasteiger partial charge in [0.2, 0.25) is 11.8 Å². The number of carbonyl (C=O) groups excluding carboxylic acids is 2. The predicted octanol–water partition coefficient (Wildman–Crippen LogP) is 9.06. The molecule has 0 aliphatic carbocycles. The van der Waals surface area contributed by atoms with Crippen LogP contribution in [0.25, 0.3) is 22.3 Å². The number of rotatable bonds is 14. The third-order valence-electron chi connectivity index (χ3n) is 11.4. The third kappa shape index (κ3) is 9.72. The molecule has 6 rings (SSSR count). The van der Waals surface area contributed by atoms with Crippen molar-refractivity contribution in [2.45, 2.75) is 120 Å². The van der Waals surface area contributed by atoms with Gasteiger partial charge in [0.15, 0.2) is 0 Å². The fraction of sp³-hybridized carbons (Fsp3) is 0.500. The van der Waals surface area contributed by atoms with Gasteiger partial charge in [-0.25, -0.2) is 0 Å². The minimum atomic E-state index is 0.189. The molecule has 0 spiro atoms. The standard InChI is InChI=1S/C48H63N5O2/c1-31(2)25-43-41(47(37-17-13-33(5)14-18-37)39(35(7)50-43)27-45(54)52-21-9-10-22-52)29-49-30-42-44(26-32(3)4)51-36(8)40(28-46(55)53-23-11-12-24-53)48(42)38-19-15-34(6)16-20-38/h13-20,31-32,49H,9-12,21-30H2,1-8H3. The molecule has 2 fully saturated rings. The quantitative estimate of drug-likeness (QED) is 0.140. The lowest BCUT2D eigenvalue weighted by Gasteiger charge is -2.25. The second-order valence-electron chi connectivity index (χ2n) is 17.0. The van der Waals surface area contributed by atoms with Crippen LogP contribution >= 0.6 is 0 Å². The van der Waals surface area contributed by atoms with Gasteiger partial charge in [-0.15, -0.1) is 0 Å². The average Bonchev–Trinajstić information content (AvgIpc) is 3.88. The number of pyridine rings is 2. The van der Waals surface area contributed by atoms with Gasteiger partial charge in [0.1, 0.15) is 0 Å². The van der Waals surface area contributed by atoms with Gasteiger partial charge in [0.05, 0.1) is 12.8 Å². The van der Waals surface area contributed by atoms with Crippen LogP contribution in [0.5, 0.6) is 0 Å². The highest BCUT2D eigenvalue weighted by atomic mass is 16.2. The molecule has 0 atom stereocenters. The van der Waals surface area contributed by atoms with E-state index in [1.807, 2.05) is 9.80 Å². The highest BCUT2D eigenvalue weighted by Gasteiger charge is 2.27. The Morgan fingerprint density at radius 2 is 0.909 bits per heavy atom. The number of nitrogens with zero attached hydrogens (tertiary/aromatic N) is 4. The zero-order valence-electron chi connectivity index (χ0n) is 34.8. The topological polar surface area (TPSA) is 78.4 Å². The predicted molar refractivity (Wildman–Crippen MR) is 225 cm³/mol. The Morgan fingerprint density at radius 1 is 0.564 bits per heavy atom. The lowest BCUT2D eigenvalue weighted by atomic mass is 9.87. The maximum atomic E-state index is 13.8. The molecule has 0 unspecified atom stereocenters. The van der Waals surface area contributed by atoms with Crippen LogP contribution in [0.4, 0.5) is 0 Å². The molecular formula is C48H63N5O2. The minimum Gasteiger partial charge on any atom is -0.342 e. The van der Waals surface area contributed by atoms with Crippen molar-refractivity contribution in [3.63, 3.8) is 0 Å². The van der Waals surface area contributed by atoms with Gasteiger partial charge in [0, 0.05) is 62.0 Å². The van der Waals surface area contributed by atoms with E-state index in [1.165, 1.54) is 22.3 Å². The summed E-state index contributed by atoms with van der Waals surface area (Å²) in [4.78, 5) is 42.1. The van der Waals surface area contributed by atoms with Crippen LogP contribution in [0.2, 0.25) is 0 Å². The summed E-state index contributed by atoms with van der Waals surface area (Å²) in [6.45, 7) is 21.9. The average molecular weight is 742 g/mol. The van der Waals surface area contributed by atoms with Gasteiger partial charge in [0.25, 0.3) is 0 Å². The molecule has 0 bridgehead atoms. The first-order valence-corrected chi connectivity index (χ1v) is 20.8. The summed E-state index contributed by atoms with van der Waals surface area (Å²) in [5, 5.41) is 3.93. The molecule has 55 heavy (non-hydrogen) atoms. The minimum absolute atomic E-state index is 0.189. The number of aromatic nitrogens is 2. The second-order valence-corrected chi connectivity index (χ2v) is 17.0. The molecule has 0 saturated carbocycles. The Kier molecular flexibility index (Phi) is 13.2. The summed E-state index contributed by atoms with van der Waals surface area (Å²) >= 11 is 0. The van der Waals surface area contributed by atoms with Crippen LogP contribution in [-0.2, 0) is 48.4 Å². The first-order chi connectivity index (χ1) is 26.4. The Labute approximate surface area is 330 Å². The zero-order valence-corrected chi connectivity index (χ0v) is 34.8. The smallest absolute Gasteiger partial charge is 0.227 e. The maximum absolute atomic E-state index is 13.8. The SMILES string of the molecule is Cc1ccc(-c2c(CC(=O)N3CCCC3)c(C)nc(CC(C)C)c2CNCc2c(CC(C)C)nc(C)c(CC(=O)N3CCCC3)c2-c2ccc(C)cc2)cc1. The van der Waals surface area contributed by atoms with Crippen LogP contribution in [0.3, 0.4) is 0 Å². The molecule has 1 N–H and O–H groups in total. The molecule has 7 nitrogen and oxygen atoms in total. The summed E-state index contributed by atoms with van der Waals surface area (Å²) in [7, 11) is 0. The lowest BCUT2D eigenvalue weighted by Crippen LogP contribution is -2.30. The number of amides is 2. The molecule has 4 aromatic rings. The van der Waals surface area contributed by atoms with E-state index in [-0.39, 0.29) is 11.8 Å². The van der Waals surface area contributed by atoms with Crippen molar-refractivity contribution in [2.75, 3.05) is 26.2 Å². The van der Waals surface area contributed by atoms with Crippen LogP contribution in [0, 0.1) is 39.5 Å². The Bertz CT molecular complexity index is 1820. The van der Waals surface area contributed by atoms with Crippen molar-refractivity contribution in [1.29, 1.82) is 0 Å². The van der Waals surface area contributed by atoms with Crippen molar-refractivity contribution in [3.05, 3.63) is 105 Å². The molecule has 292 valence electrons. The molecule has 4 heterocycles. The van der Waals surface area contributed by atoms with E-state index in [9.17, 15) is 9.59 Å². The first-order valence-electron chi connectivity index (χ1n) is 20.8. The van der Waals surface area contributed by atoms with E-state index in [2.05, 4.69) is 109 Å². The summed E-state index contributed by atoms with van der Waals surface area (Å²) in [6, 6.07) is 17.5. The number of carbonyl (C=O) groups is 2. The summed E-state index contributed by atoms with van der Waals surface area (Å²) in [6.07, 6.45) is 6.68. The normalized spacial score (nSPS) is 14.5. The van der Waals surface area contributed by atoms with Crippen molar-refractivity contribution in [1.82, 2.24) is 25.1 Å². The maximum Gasteiger partial charge on any atom is 0.227 e. The van der Waals surface area contributed by atoms with E-state index in [4.69, 9.17) is 9.97 Å². The highest BCUT2D eigenvalue weighted by Crippen LogP contribution is 2.36.